The monoisotopic (exact) mass is 544 g/mol. The fraction of sp³-hybridized carbons (Fsp3) is 0.760. The Hall–Kier alpha value is -2.07. The molecule has 12 heteroatoms. The minimum Gasteiger partial charge on any atom is -0.388 e. The summed E-state index contributed by atoms with van der Waals surface area (Å²) in [7, 11) is 5.60. The van der Waals surface area contributed by atoms with Crippen molar-refractivity contribution in [2.24, 2.45) is 11.3 Å². The number of likely N-dealkylation sites (N-methyl/N-ethyl adjacent to an activating group) is 2. The molecule has 1 fully saturated rings. The van der Waals surface area contributed by atoms with E-state index in [2.05, 4.69) is 14.7 Å². The summed E-state index contributed by atoms with van der Waals surface area (Å²) in [6.45, 7) is 13.8. The second-order valence-electron chi connectivity index (χ2n) is 11.7. The van der Waals surface area contributed by atoms with Gasteiger partial charge in [-0.1, -0.05) is 50.1 Å². The van der Waals surface area contributed by atoms with Gasteiger partial charge in [-0.2, -0.15) is 0 Å². The van der Waals surface area contributed by atoms with Crippen molar-refractivity contribution in [3.63, 3.8) is 0 Å². The highest BCUT2D eigenvalue weighted by Gasteiger charge is 2.42. The molecule has 1 heterocycles. The maximum atomic E-state index is 13.7. The van der Waals surface area contributed by atoms with E-state index in [0.717, 1.165) is 0 Å². The third-order valence-electron chi connectivity index (χ3n) is 6.26. The van der Waals surface area contributed by atoms with Crippen LogP contribution in [0.3, 0.4) is 0 Å². The predicted molar refractivity (Wildman–Crippen MR) is 142 cm³/mol. The average Bonchev–Trinajstić information content (AvgIpc) is 3.04. The Labute approximate surface area is 222 Å². The predicted octanol–water partition coefficient (Wildman–Crippen LogP) is 1.21. The van der Waals surface area contributed by atoms with Gasteiger partial charge in [0.15, 0.2) is 6.23 Å². The first-order chi connectivity index (χ1) is 16.7. The van der Waals surface area contributed by atoms with Crippen LogP contribution in [-0.4, -0.2) is 92.6 Å². The molecule has 0 spiro atoms. The molecular formula is C25H45N4O7P. The lowest BCUT2D eigenvalue weighted by Gasteiger charge is -2.40. The summed E-state index contributed by atoms with van der Waals surface area (Å²) in [4.78, 5) is 57.9. The maximum Gasteiger partial charge on any atom is 0.358 e. The summed E-state index contributed by atoms with van der Waals surface area (Å²) in [5.41, 5.74) is -1.88. The van der Waals surface area contributed by atoms with Gasteiger partial charge in [0.2, 0.25) is 11.8 Å². The Balaban J connectivity index is 3.21. The zero-order valence-corrected chi connectivity index (χ0v) is 24.9. The number of aliphatic hydroxyl groups is 2. The molecule has 3 N–H and O–H groups in total. The first-order valence-electron chi connectivity index (χ1n) is 12.4. The highest BCUT2D eigenvalue weighted by atomic mass is 31.0. The van der Waals surface area contributed by atoms with Crippen LogP contribution in [0.15, 0.2) is 11.6 Å². The molecule has 1 aliphatic heterocycles. The van der Waals surface area contributed by atoms with E-state index < -0.39 is 53.2 Å². The van der Waals surface area contributed by atoms with Crippen molar-refractivity contribution in [1.29, 1.82) is 0 Å². The van der Waals surface area contributed by atoms with Crippen LogP contribution in [0, 0.1) is 11.3 Å². The van der Waals surface area contributed by atoms with E-state index in [0.29, 0.717) is 5.06 Å². The number of nitrogens with zero attached hydrogens (tertiary/aromatic N) is 3. The van der Waals surface area contributed by atoms with Gasteiger partial charge in [-0.25, -0.2) is 4.79 Å². The summed E-state index contributed by atoms with van der Waals surface area (Å²) >= 11 is 0. The van der Waals surface area contributed by atoms with Crippen molar-refractivity contribution in [2.75, 3.05) is 14.1 Å². The molecule has 5 atom stereocenters. The molecule has 212 valence electrons. The van der Waals surface area contributed by atoms with Crippen molar-refractivity contribution in [3.8, 4) is 0 Å². The van der Waals surface area contributed by atoms with Gasteiger partial charge in [-0.05, 0) is 39.2 Å². The molecule has 37 heavy (non-hydrogen) atoms. The topological polar surface area (TPSA) is 140 Å². The highest BCUT2D eigenvalue weighted by molar-refractivity contribution is 7.13. The van der Waals surface area contributed by atoms with Crippen LogP contribution in [-0.2, 0) is 24.0 Å². The fourth-order valence-electron chi connectivity index (χ4n) is 4.22. The summed E-state index contributed by atoms with van der Waals surface area (Å²) in [6, 6.07) is -2.41. The van der Waals surface area contributed by atoms with Gasteiger partial charge in [0.05, 0.1) is 11.6 Å². The largest absolute Gasteiger partial charge is 0.388 e. The standard InChI is InChI=1S/C25H45N4O7P/c1-14(2)16(13-15(3)23(34)36-29-17(30)11-12-18(29)31)27(9)22(33)19(24(4,5)6)26-21(32)20(28(10)37)25(7,8)35/h13-14,16-17,19-20,30,35H,11-12,37H2,1-10H3,(H,26,32)/b15-13+/t16-,17?,19-,20-/m1/s1. The minimum atomic E-state index is -1.37. The SMILES string of the molecule is C/C(=C\[C@H](C(C)C)N(C)C(=O)[C@@H](NC(=O)[C@@H](N(C)P)C(C)(C)O)C(C)(C)C)C(=O)ON1C(=O)CCC1O. The molecule has 1 saturated heterocycles. The van der Waals surface area contributed by atoms with Gasteiger partial charge in [0, 0.05) is 25.5 Å². The third kappa shape index (κ3) is 8.74. The minimum absolute atomic E-state index is 0.0871. The molecule has 11 nitrogen and oxygen atoms in total. The lowest BCUT2D eigenvalue weighted by Crippen LogP contribution is -2.61. The van der Waals surface area contributed by atoms with Gasteiger partial charge in [-0.3, -0.25) is 19.1 Å². The van der Waals surface area contributed by atoms with Crippen LogP contribution in [0.4, 0.5) is 0 Å². The number of amides is 3. The summed E-state index contributed by atoms with van der Waals surface area (Å²) in [5, 5.41) is 23.9. The summed E-state index contributed by atoms with van der Waals surface area (Å²) in [6.07, 6.45) is 0.666. The van der Waals surface area contributed by atoms with E-state index in [1.54, 1.807) is 20.2 Å². The normalized spacial score (nSPS) is 19.6. The fourth-order valence-corrected chi connectivity index (χ4v) is 4.72. The Kier molecular flexibility index (Phi) is 11.3. The molecular weight excluding hydrogens is 499 g/mol. The molecule has 0 radical (unpaired) electrons. The Morgan fingerprint density at radius 1 is 1.19 bits per heavy atom. The Morgan fingerprint density at radius 2 is 1.73 bits per heavy atom. The highest BCUT2D eigenvalue weighted by Crippen LogP contribution is 2.26. The summed E-state index contributed by atoms with van der Waals surface area (Å²) < 4.78 is 1.51. The number of rotatable bonds is 10. The van der Waals surface area contributed by atoms with E-state index in [1.165, 1.54) is 30.3 Å². The molecule has 0 aromatic heterocycles. The number of nitrogens with one attached hydrogen (secondary N) is 1. The zero-order chi connectivity index (χ0) is 29.0. The van der Waals surface area contributed by atoms with Crippen LogP contribution in [0.25, 0.3) is 0 Å². The number of hydroxylamine groups is 2. The molecule has 0 aliphatic carbocycles. The molecule has 0 aromatic carbocycles. The van der Waals surface area contributed by atoms with Crippen LogP contribution in [0.5, 0.6) is 0 Å². The Morgan fingerprint density at radius 3 is 2.11 bits per heavy atom. The van der Waals surface area contributed by atoms with E-state index in [4.69, 9.17) is 4.84 Å². The van der Waals surface area contributed by atoms with E-state index in [1.807, 2.05) is 34.6 Å². The Bertz CT molecular complexity index is 892. The van der Waals surface area contributed by atoms with Crippen LogP contribution < -0.4 is 5.32 Å². The van der Waals surface area contributed by atoms with E-state index >= 15 is 0 Å². The molecule has 2 unspecified atom stereocenters. The van der Waals surface area contributed by atoms with Crippen molar-refractivity contribution < 1.29 is 34.2 Å². The van der Waals surface area contributed by atoms with Gasteiger partial charge in [0.1, 0.15) is 12.1 Å². The molecule has 3 amide bonds. The molecule has 1 aliphatic rings. The first kappa shape index (κ1) is 33.0. The number of carbonyl (C=O) groups excluding carboxylic acids is 4. The second kappa shape index (κ2) is 12.7. The number of hydrogen-bond acceptors (Lipinski definition) is 8. The number of carbonyl (C=O) groups is 4. The molecule has 1 rings (SSSR count). The van der Waals surface area contributed by atoms with Gasteiger partial charge in [0.25, 0.3) is 5.91 Å². The van der Waals surface area contributed by atoms with Crippen molar-refractivity contribution in [2.45, 2.75) is 98.2 Å². The number of hydrogen-bond donors (Lipinski definition) is 3. The van der Waals surface area contributed by atoms with Crippen LogP contribution in [0.1, 0.15) is 68.2 Å². The molecule has 0 bridgehead atoms. The lowest BCUT2D eigenvalue weighted by molar-refractivity contribution is -0.217. The zero-order valence-electron chi connectivity index (χ0n) is 23.7. The lowest BCUT2D eigenvalue weighted by atomic mass is 9.84. The quantitative estimate of drug-likeness (QED) is 0.276. The molecule has 0 aromatic rings. The molecule has 0 saturated carbocycles. The smallest absolute Gasteiger partial charge is 0.358 e. The summed E-state index contributed by atoms with van der Waals surface area (Å²) in [5.74, 6) is -2.28. The van der Waals surface area contributed by atoms with E-state index in [-0.39, 0.29) is 30.2 Å². The second-order valence-corrected chi connectivity index (χ2v) is 12.5. The van der Waals surface area contributed by atoms with Gasteiger partial charge >= 0.3 is 5.97 Å². The first-order valence-corrected chi connectivity index (χ1v) is 12.9. The van der Waals surface area contributed by atoms with Crippen molar-refractivity contribution in [3.05, 3.63) is 11.6 Å². The number of aliphatic hydroxyl groups excluding tert-OH is 1. The third-order valence-corrected chi connectivity index (χ3v) is 6.56. The van der Waals surface area contributed by atoms with Crippen molar-refractivity contribution in [1.82, 2.24) is 20.0 Å². The van der Waals surface area contributed by atoms with E-state index in [9.17, 15) is 29.4 Å². The maximum absolute atomic E-state index is 13.7. The van der Waals surface area contributed by atoms with Crippen LogP contribution >= 0.6 is 9.39 Å². The van der Waals surface area contributed by atoms with Gasteiger partial charge in [-0.15, -0.1) is 5.06 Å². The van der Waals surface area contributed by atoms with Gasteiger partial charge < -0.3 is 25.3 Å². The average molecular weight is 545 g/mol. The van der Waals surface area contributed by atoms with Crippen LogP contribution in [0.2, 0.25) is 0 Å². The van der Waals surface area contributed by atoms with Crippen molar-refractivity contribution >= 4 is 33.1 Å².